The largest absolute Gasteiger partial charge is 0.468 e. The van der Waals surface area contributed by atoms with E-state index >= 15 is 0 Å². The fraction of sp³-hybridized carbons (Fsp3) is 0.462. The molecule has 0 radical (unpaired) electrons. The molecular weight excluding hydrogens is 202 g/mol. The molecule has 3 nitrogen and oxygen atoms in total. The maximum absolute atomic E-state index is 11.8. The van der Waals surface area contributed by atoms with Crippen LogP contribution in [0, 0.1) is 0 Å². The van der Waals surface area contributed by atoms with Gasteiger partial charge < -0.3 is 4.74 Å². The predicted molar refractivity (Wildman–Crippen MR) is 62.0 cm³/mol. The summed E-state index contributed by atoms with van der Waals surface area (Å²) in [6, 6.07) is 9.62. The van der Waals surface area contributed by atoms with E-state index in [-0.39, 0.29) is 12.0 Å². The van der Waals surface area contributed by atoms with Crippen LogP contribution in [0.1, 0.15) is 24.4 Å². The Hall–Kier alpha value is -1.35. The summed E-state index contributed by atoms with van der Waals surface area (Å²) >= 11 is 0. The molecule has 1 aliphatic rings. The van der Waals surface area contributed by atoms with Gasteiger partial charge in [0.05, 0.1) is 7.11 Å². The van der Waals surface area contributed by atoms with Gasteiger partial charge in [-0.2, -0.15) is 0 Å². The molecule has 0 saturated carbocycles. The highest BCUT2D eigenvalue weighted by molar-refractivity contribution is 5.77. The third kappa shape index (κ3) is 2.25. The van der Waals surface area contributed by atoms with Gasteiger partial charge >= 0.3 is 5.97 Å². The Morgan fingerprint density at radius 2 is 1.88 bits per heavy atom. The van der Waals surface area contributed by atoms with E-state index in [9.17, 15) is 4.79 Å². The number of hydrogen-bond donors (Lipinski definition) is 0. The molecule has 1 aromatic rings. The molecule has 1 fully saturated rings. The van der Waals surface area contributed by atoms with Crippen molar-refractivity contribution in [3.8, 4) is 0 Å². The van der Waals surface area contributed by atoms with Gasteiger partial charge in [-0.15, -0.1) is 0 Å². The van der Waals surface area contributed by atoms with Gasteiger partial charge in [-0.25, -0.2) is 4.79 Å². The van der Waals surface area contributed by atoms with Gasteiger partial charge in [-0.3, -0.25) is 4.90 Å². The van der Waals surface area contributed by atoms with Crippen LogP contribution in [0.25, 0.3) is 0 Å². The van der Waals surface area contributed by atoms with Crippen molar-refractivity contribution in [1.29, 1.82) is 0 Å². The van der Waals surface area contributed by atoms with Gasteiger partial charge in [0.2, 0.25) is 0 Å². The third-order valence-electron chi connectivity index (χ3n) is 3.05. The number of carbonyl (C=O) groups is 1. The first kappa shape index (κ1) is 11.1. The van der Waals surface area contributed by atoms with Crippen LogP contribution in [-0.4, -0.2) is 31.1 Å². The van der Waals surface area contributed by atoms with Crippen molar-refractivity contribution in [2.75, 3.05) is 20.2 Å². The Morgan fingerprint density at radius 1 is 1.25 bits per heavy atom. The van der Waals surface area contributed by atoms with Crippen molar-refractivity contribution in [1.82, 2.24) is 4.90 Å². The number of benzene rings is 1. The van der Waals surface area contributed by atoms with Crippen molar-refractivity contribution in [2.24, 2.45) is 0 Å². The Bertz CT molecular complexity index is 344. The molecule has 0 aromatic heterocycles. The van der Waals surface area contributed by atoms with Crippen molar-refractivity contribution >= 4 is 5.97 Å². The molecule has 0 bridgehead atoms. The molecule has 16 heavy (non-hydrogen) atoms. The van der Waals surface area contributed by atoms with Crippen LogP contribution in [0.5, 0.6) is 0 Å². The molecule has 2 rings (SSSR count). The number of methoxy groups -OCH3 is 1. The molecule has 1 aliphatic heterocycles. The molecule has 0 aliphatic carbocycles. The van der Waals surface area contributed by atoms with Crippen molar-refractivity contribution in [3.63, 3.8) is 0 Å². The van der Waals surface area contributed by atoms with Gasteiger partial charge in [0, 0.05) is 0 Å². The summed E-state index contributed by atoms with van der Waals surface area (Å²) in [6.45, 7) is 1.96. The molecule has 3 heteroatoms. The van der Waals surface area contributed by atoms with Crippen LogP contribution in [-0.2, 0) is 9.53 Å². The number of ether oxygens (including phenoxy) is 1. The fourth-order valence-electron chi connectivity index (χ4n) is 2.24. The van der Waals surface area contributed by atoms with Gasteiger partial charge in [0.1, 0.15) is 6.04 Å². The molecule has 0 N–H and O–H groups in total. The van der Waals surface area contributed by atoms with Gasteiger partial charge in [-0.1, -0.05) is 30.3 Å². The summed E-state index contributed by atoms with van der Waals surface area (Å²) in [5.74, 6) is -0.159. The van der Waals surface area contributed by atoms with E-state index in [1.807, 2.05) is 30.3 Å². The number of esters is 1. The van der Waals surface area contributed by atoms with Crippen LogP contribution in [0.4, 0.5) is 0 Å². The van der Waals surface area contributed by atoms with Crippen molar-refractivity contribution < 1.29 is 9.53 Å². The molecule has 1 unspecified atom stereocenters. The first-order valence-electron chi connectivity index (χ1n) is 5.70. The van der Waals surface area contributed by atoms with E-state index in [2.05, 4.69) is 4.90 Å². The Balaban J connectivity index is 2.24. The Morgan fingerprint density at radius 3 is 2.44 bits per heavy atom. The zero-order chi connectivity index (χ0) is 11.4. The number of carbonyl (C=O) groups excluding carboxylic acids is 1. The molecule has 1 atom stereocenters. The average molecular weight is 219 g/mol. The minimum atomic E-state index is -0.228. The van der Waals surface area contributed by atoms with Gasteiger partial charge in [0.25, 0.3) is 0 Å². The zero-order valence-corrected chi connectivity index (χ0v) is 9.56. The topological polar surface area (TPSA) is 29.5 Å². The second-order valence-corrected chi connectivity index (χ2v) is 4.08. The monoisotopic (exact) mass is 219 g/mol. The van der Waals surface area contributed by atoms with Gasteiger partial charge in [-0.05, 0) is 31.5 Å². The predicted octanol–water partition coefficient (Wildman–Crippen LogP) is 2.00. The first-order chi connectivity index (χ1) is 7.83. The summed E-state index contributed by atoms with van der Waals surface area (Å²) in [7, 11) is 1.45. The quantitative estimate of drug-likeness (QED) is 0.728. The number of likely N-dealkylation sites (tertiary alicyclic amines) is 1. The van der Waals surface area contributed by atoms with E-state index in [1.54, 1.807) is 0 Å². The molecule has 86 valence electrons. The second kappa shape index (κ2) is 5.12. The summed E-state index contributed by atoms with van der Waals surface area (Å²) < 4.78 is 4.90. The highest BCUT2D eigenvalue weighted by atomic mass is 16.5. The summed E-state index contributed by atoms with van der Waals surface area (Å²) in [6.07, 6.45) is 2.33. The molecular formula is C13H17NO2. The van der Waals surface area contributed by atoms with E-state index < -0.39 is 0 Å². The molecule has 1 saturated heterocycles. The lowest BCUT2D eigenvalue weighted by Gasteiger charge is -2.25. The van der Waals surface area contributed by atoms with Crippen LogP contribution < -0.4 is 0 Å². The summed E-state index contributed by atoms with van der Waals surface area (Å²) in [5.41, 5.74) is 1.02. The second-order valence-electron chi connectivity index (χ2n) is 4.08. The molecule has 0 spiro atoms. The lowest BCUT2D eigenvalue weighted by atomic mass is 10.1. The highest BCUT2D eigenvalue weighted by Crippen LogP contribution is 2.25. The van der Waals surface area contributed by atoms with E-state index in [0.717, 1.165) is 18.7 Å². The summed E-state index contributed by atoms with van der Waals surface area (Å²) in [4.78, 5) is 14.0. The molecule has 1 aromatic carbocycles. The molecule has 1 heterocycles. The lowest BCUT2D eigenvalue weighted by molar-refractivity contribution is -0.146. The van der Waals surface area contributed by atoms with E-state index in [0.29, 0.717) is 0 Å². The van der Waals surface area contributed by atoms with Crippen LogP contribution in [0.2, 0.25) is 0 Å². The Labute approximate surface area is 96.0 Å². The zero-order valence-electron chi connectivity index (χ0n) is 9.56. The van der Waals surface area contributed by atoms with E-state index in [1.165, 1.54) is 20.0 Å². The number of hydrogen-bond acceptors (Lipinski definition) is 3. The van der Waals surface area contributed by atoms with Crippen LogP contribution >= 0.6 is 0 Å². The lowest BCUT2D eigenvalue weighted by Crippen LogP contribution is -2.32. The van der Waals surface area contributed by atoms with Crippen LogP contribution in [0.3, 0.4) is 0 Å². The minimum absolute atomic E-state index is 0.159. The minimum Gasteiger partial charge on any atom is -0.468 e. The Kier molecular flexibility index (Phi) is 3.57. The maximum atomic E-state index is 11.8. The smallest absolute Gasteiger partial charge is 0.327 e. The molecule has 0 amide bonds. The SMILES string of the molecule is COC(=O)C(c1ccccc1)N1CCCC1. The standard InChI is InChI=1S/C13H17NO2/c1-16-13(15)12(14-9-5-6-10-14)11-7-3-2-4-8-11/h2-4,7-8,12H,5-6,9-10H2,1H3. The van der Waals surface area contributed by atoms with Crippen molar-refractivity contribution in [3.05, 3.63) is 35.9 Å². The number of rotatable bonds is 3. The summed E-state index contributed by atoms with van der Waals surface area (Å²) in [5, 5.41) is 0. The highest BCUT2D eigenvalue weighted by Gasteiger charge is 2.30. The normalized spacial score (nSPS) is 18.3. The van der Waals surface area contributed by atoms with Crippen LogP contribution in [0.15, 0.2) is 30.3 Å². The van der Waals surface area contributed by atoms with Gasteiger partial charge in [0.15, 0.2) is 0 Å². The van der Waals surface area contributed by atoms with E-state index in [4.69, 9.17) is 4.74 Å². The first-order valence-corrected chi connectivity index (χ1v) is 5.70. The number of nitrogens with zero attached hydrogens (tertiary/aromatic N) is 1. The third-order valence-corrected chi connectivity index (χ3v) is 3.05. The average Bonchev–Trinajstić information content (AvgIpc) is 2.84. The maximum Gasteiger partial charge on any atom is 0.327 e. The fourth-order valence-corrected chi connectivity index (χ4v) is 2.24. The van der Waals surface area contributed by atoms with Crippen molar-refractivity contribution in [2.45, 2.75) is 18.9 Å².